The molecular formula is C7H15N3. The third-order valence-electron chi connectivity index (χ3n) is 1.82. The van der Waals surface area contributed by atoms with Crippen LogP contribution in [0.2, 0.25) is 0 Å². The lowest BCUT2D eigenvalue weighted by Gasteiger charge is -2.25. The minimum atomic E-state index is 0.255. The molecule has 0 saturated carbocycles. The highest BCUT2D eigenvalue weighted by molar-refractivity contribution is 5.82. The lowest BCUT2D eigenvalue weighted by molar-refractivity contribution is 0.291. The number of nitrogens with zero attached hydrogens (tertiary/aromatic N) is 1. The van der Waals surface area contributed by atoms with E-state index in [2.05, 4.69) is 31.3 Å². The minimum absolute atomic E-state index is 0.255. The minimum Gasteiger partial charge on any atom is -0.386 e. The number of nitrogens with one attached hydrogen (secondary N) is 1. The topological polar surface area (TPSA) is 50.4 Å². The molecule has 1 aliphatic heterocycles. The van der Waals surface area contributed by atoms with Crippen molar-refractivity contribution in [2.75, 3.05) is 0 Å². The van der Waals surface area contributed by atoms with Crippen LogP contribution in [0.3, 0.4) is 0 Å². The molecule has 3 nitrogen and oxygen atoms in total. The van der Waals surface area contributed by atoms with Crippen LogP contribution < -0.4 is 11.2 Å². The fraction of sp³-hybridized carbons (Fsp3) is 0.857. The highest BCUT2D eigenvalue weighted by Gasteiger charge is 2.28. The molecule has 0 radical (unpaired) electrons. The number of hydrogen-bond acceptors (Lipinski definition) is 3. The average molecular weight is 141 g/mol. The van der Waals surface area contributed by atoms with Crippen LogP contribution in [0, 0.1) is 5.41 Å². The highest BCUT2D eigenvalue weighted by atomic mass is 15.4. The third kappa shape index (κ3) is 1.40. The summed E-state index contributed by atoms with van der Waals surface area (Å²) in [4.78, 5) is 0. The second-order valence-electron chi connectivity index (χ2n) is 3.85. The number of rotatable bonds is 0. The molecule has 1 heterocycles. The van der Waals surface area contributed by atoms with Gasteiger partial charge in [0.05, 0.1) is 6.04 Å². The second kappa shape index (κ2) is 2.15. The van der Waals surface area contributed by atoms with E-state index in [1.54, 1.807) is 0 Å². The van der Waals surface area contributed by atoms with Gasteiger partial charge in [0.15, 0.2) is 0 Å². The number of hydrazone groups is 1. The van der Waals surface area contributed by atoms with E-state index in [1.807, 2.05) is 0 Å². The predicted octanol–water partition coefficient (Wildman–Crippen LogP) is 0.667. The molecule has 0 aromatic rings. The quantitative estimate of drug-likeness (QED) is 0.521. The average Bonchev–Trinajstić information content (AvgIpc) is 2.11. The number of amidine groups is 1. The first kappa shape index (κ1) is 7.38. The van der Waals surface area contributed by atoms with Crippen LogP contribution in [-0.2, 0) is 0 Å². The Morgan fingerprint density at radius 1 is 1.60 bits per heavy atom. The zero-order chi connectivity index (χ0) is 7.78. The van der Waals surface area contributed by atoms with Gasteiger partial charge in [-0.25, -0.2) is 0 Å². The molecule has 1 rings (SSSR count). The van der Waals surface area contributed by atoms with Gasteiger partial charge < -0.3 is 11.2 Å². The monoisotopic (exact) mass is 141 g/mol. The molecule has 3 N–H and O–H groups in total. The van der Waals surface area contributed by atoms with Crippen molar-refractivity contribution in [3.8, 4) is 0 Å². The summed E-state index contributed by atoms with van der Waals surface area (Å²) in [6.45, 7) is 6.54. The fourth-order valence-corrected chi connectivity index (χ4v) is 0.961. The largest absolute Gasteiger partial charge is 0.386 e. The van der Waals surface area contributed by atoms with E-state index in [0.29, 0.717) is 6.04 Å². The Morgan fingerprint density at radius 3 is 2.40 bits per heavy atom. The SMILES string of the molecule is CC(C)(C)C1CC(N)=NN1. The maximum absolute atomic E-state index is 5.51. The van der Waals surface area contributed by atoms with Gasteiger partial charge in [-0.1, -0.05) is 20.8 Å². The number of hydrogen-bond donors (Lipinski definition) is 2. The van der Waals surface area contributed by atoms with Gasteiger partial charge in [-0.3, -0.25) is 0 Å². The van der Waals surface area contributed by atoms with Crippen LogP contribution in [0.4, 0.5) is 0 Å². The maximum atomic E-state index is 5.51. The molecule has 1 atom stereocenters. The van der Waals surface area contributed by atoms with Crippen LogP contribution in [0.1, 0.15) is 27.2 Å². The molecule has 0 aliphatic carbocycles. The first-order valence-electron chi connectivity index (χ1n) is 3.58. The van der Waals surface area contributed by atoms with E-state index in [-0.39, 0.29) is 5.41 Å². The molecule has 1 aliphatic rings. The van der Waals surface area contributed by atoms with Crippen molar-refractivity contribution in [2.24, 2.45) is 16.3 Å². The van der Waals surface area contributed by atoms with Crippen LogP contribution >= 0.6 is 0 Å². The molecule has 0 spiro atoms. The van der Waals surface area contributed by atoms with Crippen LogP contribution in [-0.4, -0.2) is 11.9 Å². The van der Waals surface area contributed by atoms with Gasteiger partial charge in [0.2, 0.25) is 0 Å². The van der Waals surface area contributed by atoms with E-state index in [9.17, 15) is 0 Å². The van der Waals surface area contributed by atoms with E-state index < -0.39 is 0 Å². The molecular weight excluding hydrogens is 126 g/mol. The molecule has 0 saturated heterocycles. The number of nitrogens with two attached hydrogens (primary N) is 1. The molecule has 58 valence electrons. The van der Waals surface area contributed by atoms with Gasteiger partial charge in [-0.15, -0.1) is 0 Å². The normalized spacial score (nSPS) is 25.9. The lowest BCUT2D eigenvalue weighted by atomic mass is 9.86. The van der Waals surface area contributed by atoms with Crippen LogP contribution in [0.5, 0.6) is 0 Å². The van der Waals surface area contributed by atoms with Gasteiger partial charge >= 0.3 is 0 Å². The Labute approximate surface area is 61.7 Å². The second-order valence-corrected chi connectivity index (χ2v) is 3.85. The van der Waals surface area contributed by atoms with E-state index in [0.717, 1.165) is 12.3 Å². The van der Waals surface area contributed by atoms with Crippen molar-refractivity contribution in [1.82, 2.24) is 5.43 Å². The van der Waals surface area contributed by atoms with Gasteiger partial charge in [-0.2, -0.15) is 5.10 Å². The predicted molar refractivity (Wildman–Crippen MR) is 42.6 cm³/mol. The molecule has 3 heteroatoms. The lowest BCUT2D eigenvalue weighted by Crippen LogP contribution is -2.34. The van der Waals surface area contributed by atoms with E-state index in [4.69, 9.17) is 5.73 Å². The zero-order valence-electron chi connectivity index (χ0n) is 6.81. The van der Waals surface area contributed by atoms with Crippen LogP contribution in [0.15, 0.2) is 5.10 Å². The first-order chi connectivity index (χ1) is 4.50. The molecule has 10 heavy (non-hydrogen) atoms. The Hall–Kier alpha value is -0.730. The molecule has 0 bridgehead atoms. The van der Waals surface area contributed by atoms with Gasteiger partial charge in [0, 0.05) is 6.42 Å². The molecule has 1 unspecified atom stereocenters. The molecule has 0 aromatic carbocycles. The summed E-state index contributed by atoms with van der Waals surface area (Å²) in [6.07, 6.45) is 0.878. The smallest absolute Gasteiger partial charge is 0.121 e. The summed E-state index contributed by atoms with van der Waals surface area (Å²) in [6, 6.07) is 0.410. The summed E-state index contributed by atoms with van der Waals surface area (Å²) >= 11 is 0. The van der Waals surface area contributed by atoms with Crippen molar-refractivity contribution in [3.05, 3.63) is 0 Å². The Morgan fingerprint density at radius 2 is 2.20 bits per heavy atom. The molecule has 0 aromatic heterocycles. The van der Waals surface area contributed by atoms with Crippen molar-refractivity contribution < 1.29 is 0 Å². The van der Waals surface area contributed by atoms with E-state index >= 15 is 0 Å². The maximum Gasteiger partial charge on any atom is 0.121 e. The van der Waals surface area contributed by atoms with Crippen molar-refractivity contribution in [3.63, 3.8) is 0 Å². The van der Waals surface area contributed by atoms with Crippen molar-refractivity contribution >= 4 is 5.84 Å². The van der Waals surface area contributed by atoms with Gasteiger partial charge in [0.1, 0.15) is 5.84 Å². The summed E-state index contributed by atoms with van der Waals surface area (Å²) in [5.74, 6) is 0.722. The Balaban J connectivity index is 2.50. The summed E-state index contributed by atoms with van der Waals surface area (Å²) in [5, 5.41) is 3.93. The van der Waals surface area contributed by atoms with Gasteiger partial charge in [-0.05, 0) is 5.41 Å². The zero-order valence-corrected chi connectivity index (χ0v) is 6.81. The summed E-state index contributed by atoms with van der Waals surface area (Å²) in [7, 11) is 0. The van der Waals surface area contributed by atoms with Crippen molar-refractivity contribution in [1.29, 1.82) is 0 Å². The highest BCUT2D eigenvalue weighted by Crippen LogP contribution is 2.23. The Bertz CT molecular complexity index is 155. The fourth-order valence-electron chi connectivity index (χ4n) is 0.961. The standard InChI is InChI=1S/C7H15N3/c1-7(2,3)5-4-6(8)10-9-5/h5,9H,4H2,1-3H3,(H2,8,10). The third-order valence-corrected chi connectivity index (χ3v) is 1.82. The molecule has 0 amide bonds. The van der Waals surface area contributed by atoms with Crippen molar-refractivity contribution in [2.45, 2.75) is 33.2 Å². The molecule has 0 fully saturated rings. The summed E-state index contributed by atoms with van der Waals surface area (Å²) in [5.41, 5.74) is 8.77. The summed E-state index contributed by atoms with van der Waals surface area (Å²) < 4.78 is 0. The van der Waals surface area contributed by atoms with Gasteiger partial charge in [0.25, 0.3) is 0 Å². The van der Waals surface area contributed by atoms with E-state index in [1.165, 1.54) is 0 Å². The Kier molecular flexibility index (Phi) is 1.58. The first-order valence-corrected chi connectivity index (χ1v) is 3.58. The van der Waals surface area contributed by atoms with Crippen LogP contribution in [0.25, 0.3) is 0 Å².